The number of hydrogen-bond donors (Lipinski definition) is 1. The van der Waals surface area contributed by atoms with Crippen molar-refractivity contribution in [2.75, 3.05) is 25.2 Å². The Morgan fingerprint density at radius 1 is 0.667 bits per heavy atom. The molecule has 0 bridgehead atoms. The Morgan fingerprint density at radius 2 is 1.03 bits per heavy atom. The summed E-state index contributed by atoms with van der Waals surface area (Å²) in [5, 5.41) is 11.8. The van der Waals surface area contributed by atoms with E-state index < -0.39 is 38.3 Å². The second-order valence-electron chi connectivity index (χ2n) is 23.4. The van der Waals surface area contributed by atoms with Crippen LogP contribution in [-0.2, 0) is 42.0 Å². The van der Waals surface area contributed by atoms with E-state index in [2.05, 4.69) is 92.6 Å². The summed E-state index contributed by atoms with van der Waals surface area (Å²) in [6.45, 7) is 38.3. The number of rotatable bonds is 14. The molecule has 0 radical (unpaired) electrons. The lowest BCUT2D eigenvalue weighted by molar-refractivity contribution is -0.149. The standard InChI is InChI=1S/C26H41ClO3S.C25H41ClO2S/c1-16(2)22(23(28)30-10)26(9,15-31(29)25(6,7)8)17-11-12-18(21(27)13-17)19-14-20(19)24(3,4)5;1-16(2)21(14-27)25(9,15-29(28)24(6,7)8)17-10-11-18(22(26)12-17)19-13-20(19)23(3,4)5/h11-13,16,19-20,22H,14-15H2,1-10H3;10-12,16,19-21,27H,13-15H2,1-9H3/t19-,20+,22?,26-,31+;19-,20+,21?,25-,29+/m00/s1. The van der Waals surface area contributed by atoms with Crippen LogP contribution in [0.2, 0.25) is 10.0 Å². The number of ether oxygens (including phenoxy) is 1. The van der Waals surface area contributed by atoms with Gasteiger partial charge in [0.05, 0.1) is 13.0 Å². The Kier molecular flexibility index (Phi) is 17.2. The molecular weight excluding hydrogens is 828 g/mol. The Morgan fingerprint density at radius 3 is 1.30 bits per heavy atom. The van der Waals surface area contributed by atoms with E-state index in [-0.39, 0.29) is 45.2 Å². The van der Waals surface area contributed by atoms with Crippen LogP contribution in [0.15, 0.2) is 36.4 Å². The highest BCUT2D eigenvalue weighted by Crippen LogP contribution is 2.59. The molecule has 10 atom stereocenters. The molecule has 9 heteroatoms. The van der Waals surface area contributed by atoms with E-state index in [1.165, 1.54) is 24.7 Å². The SMILES string of the molecule is CC(C)C(CO)[C@@](C)(C[S@@](=O)C(C)(C)C)c1ccc([C@@H]2C[C@H]2C(C)(C)C)c(Cl)c1.COC(=O)C(C(C)C)[C@@](C)(C[S@@](=O)C(C)(C)C)c1ccc([C@@H]2C[C@H]2C(C)(C)C)c(Cl)c1. The van der Waals surface area contributed by atoms with Crippen molar-refractivity contribution in [3.63, 3.8) is 0 Å². The second-order valence-corrected chi connectivity index (χ2v) is 28.6. The molecule has 60 heavy (non-hydrogen) atoms. The Bertz CT molecular complexity index is 1840. The van der Waals surface area contributed by atoms with Gasteiger partial charge in [-0.1, -0.05) is 131 Å². The summed E-state index contributed by atoms with van der Waals surface area (Å²) in [6, 6.07) is 12.7. The minimum atomic E-state index is -1.14. The smallest absolute Gasteiger partial charge is 0.309 e. The maximum Gasteiger partial charge on any atom is 0.309 e. The second kappa shape index (κ2) is 19.5. The predicted octanol–water partition coefficient (Wildman–Crippen LogP) is 13.3. The molecule has 5 nitrogen and oxygen atoms in total. The van der Waals surface area contributed by atoms with Crippen LogP contribution in [0.5, 0.6) is 0 Å². The van der Waals surface area contributed by atoms with E-state index >= 15 is 0 Å². The van der Waals surface area contributed by atoms with Gasteiger partial charge in [-0.3, -0.25) is 13.2 Å². The lowest BCUT2D eigenvalue weighted by Crippen LogP contribution is -2.47. The molecule has 2 aromatic rings. The monoisotopic (exact) mass is 908 g/mol. The van der Waals surface area contributed by atoms with Gasteiger partial charge < -0.3 is 9.84 Å². The molecule has 0 saturated heterocycles. The number of esters is 1. The average molecular weight is 910 g/mol. The van der Waals surface area contributed by atoms with E-state index in [1.807, 2.05) is 68.4 Å². The van der Waals surface area contributed by atoms with E-state index in [1.54, 1.807) is 0 Å². The third-order valence-corrected chi connectivity index (χ3v) is 18.9. The minimum Gasteiger partial charge on any atom is -0.469 e. The van der Waals surface area contributed by atoms with Gasteiger partial charge in [0.15, 0.2) is 0 Å². The molecule has 0 spiro atoms. The molecule has 2 aliphatic carbocycles. The Balaban J connectivity index is 0.000000321. The number of aliphatic hydroxyl groups is 1. The molecule has 2 unspecified atom stereocenters. The Hall–Kier alpha value is -1.25. The van der Waals surface area contributed by atoms with E-state index in [9.17, 15) is 18.3 Å². The number of carbonyl (C=O) groups excluding carboxylic acids is 1. The van der Waals surface area contributed by atoms with Crippen LogP contribution in [0.3, 0.4) is 0 Å². The molecule has 342 valence electrons. The zero-order chi connectivity index (χ0) is 46.3. The van der Waals surface area contributed by atoms with Crippen molar-refractivity contribution in [2.24, 2.45) is 46.3 Å². The lowest BCUT2D eigenvalue weighted by atomic mass is 9.68. The number of hydrogen-bond acceptors (Lipinski definition) is 5. The fraction of sp³-hybridized carbons (Fsp3) is 0.745. The van der Waals surface area contributed by atoms with Gasteiger partial charge in [-0.15, -0.1) is 0 Å². The molecule has 0 amide bonds. The highest BCUT2D eigenvalue weighted by Gasteiger charge is 2.50. The van der Waals surface area contributed by atoms with E-state index in [0.29, 0.717) is 40.6 Å². The van der Waals surface area contributed by atoms with Crippen LogP contribution in [-0.4, -0.2) is 54.2 Å². The predicted molar refractivity (Wildman–Crippen MR) is 259 cm³/mol. The fourth-order valence-corrected chi connectivity index (χ4v) is 13.0. The van der Waals surface area contributed by atoms with Crippen molar-refractivity contribution >= 4 is 50.8 Å². The van der Waals surface area contributed by atoms with Crippen molar-refractivity contribution in [1.29, 1.82) is 0 Å². The largest absolute Gasteiger partial charge is 0.469 e. The number of carbonyl (C=O) groups is 1. The van der Waals surface area contributed by atoms with Gasteiger partial charge in [-0.2, -0.15) is 0 Å². The average Bonchev–Trinajstić information content (AvgIpc) is 4.01. The number of halogens is 2. The third kappa shape index (κ3) is 12.5. The highest BCUT2D eigenvalue weighted by molar-refractivity contribution is 7.86. The molecular formula is C51H82Cl2O5S2. The molecule has 2 saturated carbocycles. The first-order chi connectivity index (χ1) is 27.2. The number of methoxy groups -OCH3 is 1. The summed E-state index contributed by atoms with van der Waals surface area (Å²) in [4.78, 5) is 12.9. The first kappa shape index (κ1) is 53.1. The summed E-state index contributed by atoms with van der Waals surface area (Å²) in [7, 11) is -0.740. The number of benzene rings is 2. The van der Waals surface area contributed by atoms with E-state index in [0.717, 1.165) is 27.6 Å². The maximum absolute atomic E-state index is 13.2. The van der Waals surface area contributed by atoms with Crippen LogP contribution in [0.4, 0.5) is 0 Å². The summed E-state index contributed by atoms with van der Waals surface area (Å²) < 4.78 is 30.9. The molecule has 2 fully saturated rings. The summed E-state index contributed by atoms with van der Waals surface area (Å²) in [5.41, 5.74) is 3.96. The molecule has 0 heterocycles. The fourth-order valence-electron chi connectivity index (χ4n) is 9.64. The summed E-state index contributed by atoms with van der Waals surface area (Å²) >= 11 is 13.6. The molecule has 4 rings (SSSR count). The van der Waals surface area contributed by atoms with Crippen molar-refractivity contribution in [3.8, 4) is 0 Å². The topological polar surface area (TPSA) is 80.7 Å². The number of aliphatic hydroxyl groups excluding tert-OH is 1. The molecule has 0 aromatic heterocycles. The zero-order valence-corrected chi connectivity index (χ0v) is 43.9. The lowest BCUT2D eigenvalue weighted by Gasteiger charge is -2.41. The van der Waals surface area contributed by atoms with Crippen molar-refractivity contribution in [1.82, 2.24) is 0 Å². The van der Waals surface area contributed by atoms with Gasteiger partial charge in [0.2, 0.25) is 0 Å². The van der Waals surface area contributed by atoms with Crippen molar-refractivity contribution in [3.05, 3.63) is 68.7 Å². The normalized spacial score (nSPS) is 23.7. The quantitative estimate of drug-likeness (QED) is 0.191. The minimum absolute atomic E-state index is 0.0129. The van der Waals surface area contributed by atoms with Crippen LogP contribution in [0.25, 0.3) is 0 Å². The summed E-state index contributed by atoms with van der Waals surface area (Å²) in [5.74, 6) is 2.84. The molecule has 1 N–H and O–H groups in total. The van der Waals surface area contributed by atoms with Crippen LogP contribution in [0.1, 0.15) is 172 Å². The highest BCUT2D eigenvalue weighted by atomic mass is 35.5. The van der Waals surface area contributed by atoms with Gasteiger partial charge in [0.25, 0.3) is 0 Å². The summed E-state index contributed by atoms with van der Waals surface area (Å²) in [6.07, 6.45) is 2.35. The van der Waals surface area contributed by atoms with Gasteiger partial charge in [0.1, 0.15) is 0 Å². The zero-order valence-electron chi connectivity index (χ0n) is 40.8. The van der Waals surface area contributed by atoms with Crippen LogP contribution in [0, 0.1) is 46.3 Å². The first-order valence-electron chi connectivity index (χ1n) is 22.2. The Labute approximate surface area is 381 Å². The molecule has 2 aliphatic rings. The first-order valence-corrected chi connectivity index (χ1v) is 25.6. The van der Waals surface area contributed by atoms with Crippen LogP contribution < -0.4 is 0 Å². The maximum atomic E-state index is 13.2. The van der Waals surface area contributed by atoms with Gasteiger partial charge in [0, 0.05) is 70.1 Å². The van der Waals surface area contributed by atoms with Gasteiger partial charge >= 0.3 is 5.97 Å². The van der Waals surface area contributed by atoms with Crippen molar-refractivity contribution < 1.29 is 23.1 Å². The third-order valence-electron chi connectivity index (χ3n) is 13.8. The van der Waals surface area contributed by atoms with Crippen LogP contribution >= 0.6 is 23.2 Å². The van der Waals surface area contributed by atoms with Gasteiger partial charge in [-0.05, 0) is 141 Å². The van der Waals surface area contributed by atoms with E-state index in [4.69, 9.17) is 27.9 Å². The molecule has 0 aliphatic heterocycles. The van der Waals surface area contributed by atoms with Crippen molar-refractivity contribution in [2.45, 2.75) is 170 Å². The molecule has 2 aromatic carbocycles. The van der Waals surface area contributed by atoms with Gasteiger partial charge in [-0.25, -0.2) is 0 Å².